The van der Waals surface area contributed by atoms with Gasteiger partial charge in [-0.15, -0.1) is 11.3 Å². The first-order valence-electron chi connectivity index (χ1n) is 4.15. The number of ether oxygens (including phenoxy) is 1. The highest BCUT2D eigenvalue weighted by atomic mass is 32.1. The van der Waals surface area contributed by atoms with Crippen LogP contribution in [0.1, 0.15) is 0 Å². The summed E-state index contributed by atoms with van der Waals surface area (Å²) in [4.78, 5) is 4.19. The molecule has 0 spiro atoms. The predicted molar refractivity (Wildman–Crippen MR) is 58.5 cm³/mol. The second kappa shape index (κ2) is 3.67. The molecule has 0 bridgehead atoms. The SMILES string of the molecule is COc1ccc(-c2nc(N)cs2)cc1. The monoisotopic (exact) mass is 206 g/mol. The molecule has 0 fully saturated rings. The maximum atomic E-state index is 5.55. The summed E-state index contributed by atoms with van der Waals surface area (Å²) in [6, 6.07) is 7.76. The van der Waals surface area contributed by atoms with E-state index in [1.807, 2.05) is 29.6 Å². The highest BCUT2D eigenvalue weighted by Gasteiger charge is 2.02. The van der Waals surface area contributed by atoms with Gasteiger partial charge in [0.25, 0.3) is 0 Å². The average Bonchev–Trinajstić information content (AvgIpc) is 2.65. The minimum atomic E-state index is 0.570. The standard InChI is InChI=1S/C10H10N2OS/c1-13-8-4-2-7(3-5-8)10-12-9(11)6-14-10/h2-6H,11H2,1H3. The van der Waals surface area contributed by atoms with Gasteiger partial charge in [0.05, 0.1) is 7.11 Å². The van der Waals surface area contributed by atoms with E-state index in [9.17, 15) is 0 Å². The molecule has 0 radical (unpaired) electrons. The van der Waals surface area contributed by atoms with Crippen LogP contribution in [0.2, 0.25) is 0 Å². The third-order valence-electron chi connectivity index (χ3n) is 1.86. The van der Waals surface area contributed by atoms with Crippen molar-refractivity contribution < 1.29 is 4.74 Å². The molecule has 0 aliphatic heterocycles. The first-order valence-corrected chi connectivity index (χ1v) is 5.03. The van der Waals surface area contributed by atoms with Crippen LogP contribution < -0.4 is 10.5 Å². The molecule has 0 aliphatic carbocycles. The topological polar surface area (TPSA) is 48.1 Å². The van der Waals surface area contributed by atoms with E-state index in [2.05, 4.69) is 4.98 Å². The van der Waals surface area contributed by atoms with Gasteiger partial charge in [0.15, 0.2) is 0 Å². The summed E-state index contributed by atoms with van der Waals surface area (Å²) in [6.45, 7) is 0. The molecule has 1 aromatic carbocycles. The number of hydrogen-bond donors (Lipinski definition) is 1. The summed E-state index contributed by atoms with van der Waals surface area (Å²) in [5.74, 6) is 1.42. The number of nitrogens with two attached hydrogens (primary N) is 1. The molecule has 3 nitrogen and oxygen atoms in total. The summed E-state index contributed by atoms with van der Waals surface area (Å²) in [6.07, 6.45) is 0. The molecular formula is C10H10N2OS. The largest absolute Gasteiger partial charge is 0.497 e. The Bertz CT molecular complexity index is 422. The molecule has 14 heavy (non-hydrogen) atoms. The lowest BCUT2D eigenvalue weighted by Crippen LogP contribution is -1.84. The molecule has 72 valence electrons. The summed E-state index contributed by atoms with van der Waals surface area (Å²) in [5.41, 5.74) is 6.61. The smallest absolute Gasteiger partial charge is 0.135 e. The molecule has 0 saturated heterocycles. The van der Waals surface area contributed by atoms with E-state index in [0.29, 0.717) is 5.82 Å². The van der Waals surface area contributed by atoms with Gasteiger partial charge in [0.2, 0.25) is 0 Å². The van der Waals surface area contributed by atoms with E-state index >= 15 is 0 Å². The molecule has 2 N–H and O–H groups in total. The van der Waals surface area contributed by atoms with Crippen molar-refractivity contribution in [3.8, 4) is 16.3 Å². The Hall–Kier alpha value is -1.55. The van der Waals surface area contributed by atoms with Gasteiger partial charge in [-0.1, -0.05) is 0 Å². The number of benzene rings is 1. The van der Waals surface area contributed by atoms with Gasteiger partial charge in [-0.05, 0) is 24.3 Å². The van der Waals surface area contributed by atoms with Crippen LogP contribution in [0.15, 0.2) is 29.6 Å². The van der Waals surface area contributed by atoms with Gasteiger partial charge in [0.1, 0.15) is 16.6 Å². The first kappa shape index (κ1) is 9.02. The molecule has 0 saturated carbocycles. The highest BCUT2D eigenvalue weighted by Crippen LogP contribution is 2.26. The van der Waals surface area contributed by atoms with Gasteiger partial charge >= 0.3 is 0 Å². The van der Waals surface area contributed by atoms with Crippen LogP contribution in [0.3, 0.4) is 0 Å². The number of nitrogens with zero attached hydrogens (tertiary/aromatic N) is 1. The van der Waals surface area contributed by atoms with Crippen molar-refractivity contribution in [2.24, 2.45) is 0 Å². The van der Waals surface area contributed by atoms with E-state index in [4.69, 9.17) is 10.5 Å². The molecular weight excluding hydrogens is 196 g/mol. The van der Waals surface area contributed by atoms with Crippen LogP contribution in [0.4, 0.5) is 5.82 Å². The third kappa shape index (κ3) is 1.70. The Kier molecular flexibility index (Phi) is 2.37. The van der Waals surface area contributed by atoms with Gasteiger partial charge in [-0.3, -0.25) is 0 Å². The molecule has 4 heteroatoms. The fourth-order valence-electron chi connectivity index (χ4n) is 1.15. The fraction of sp³-hybridized carbons (Fsp3) is 0.100. The van der Waals surface area contributed by atoms with Crippen molar-refractivity contribution in [3.63, 3.8) is 0 Å². The molecule has 0 aliphatic rings. The number of methoxy groups -OCH3 is 1. The van der Waals surface area contributed by atoms with Gasteiger partial charge < -0.3 is 10.5 Å². The van der Waals surface area contributed by atoms with E-state index < -0.39 is 0 Å². The van der Waals surface area contributed by atoms with Crippen molar-refractivity contribution in [2.75, 3.05) is 12.8 Å². The number of nitrogen functional groups attached to an aromatic ring is 1. The quantitative estimate of drug-likeness (QED) is 0.820. The maximum absolute atomic E-state index is 5.55. The summed E-state index contributed by atoms with van der Waals surface area (Å²) < 4.78 is 5.07. The lowest BCUT2D eigenvalue weighted by Gasteiger charge is -1.99. The van der Waals surface area contributed by atoms with Crippen LogP contribution in [0, 0.1) is 0 Å². The van der Waals surface area contributed by atoms with Crippen molar-refractivity contribution in [1.82, 2.24) is 4.98 Å². The van der Waals surface area contributed by atoms with E-state index in [0.717, 1.165) is 16.3 Å². The second-order valence-corrected chi connectivity index (χ2v) is 3.66. The Morgan fingerprint density at radius 3 is 2.50 bits per heavy atom. The van der Waals surface area contributed by atoms with Crippen molar-refractivity contribution in [2.45, 2.75) is 0 Å². The molecule has 0 atom stereocenters. The fourth-order valence-corrected chi connectivity index (χ4v) is 1.87. The average molecular weight is 206 g/mol. The zero-order valence-corrected chi connectivity index (χ0v) is 8.54. The molecule has 0 amide bonds. The third-order valence-corrected chi connectivity index (χ3v) is 2.77. The second-order valence-electron chi connectivity index (χ2n) is 2.81. The van der Waals surface area contributed by atoms with Gasteiger partial charge in [-0.2, -0.15) is 0 Å². The Labute approximate surface area is 86.2 Å². The summed E-state index contributed by atoms with van der Waals surface area (Å²) >= 11 is 1.54. The Morgan fingerprint density at radius 1 is 1.29 bits per heavy atom. The Morgan fingerprint density at radius 2 is 2.00 bits per heavy atom. The minimum Gasteiger partial charge on any atom is -0.497 e. The first-order chi connectivity index (χ1) is 6.79. The minimum absolute atomic E-state index is 0.570. The normalized spacial score (nSPS) is 10.1. The predicted octanol–water partition coefficient (Wildman–Crippen LogP) is 2.40. The number of anilines is 1. The lowest BCUT2D eigenvalue weighted by molar-refractivity contribution is 0.415. The molecule has 1 heterocycles. The van der Waals surface area contributed by atoms with Crippen LogP contribution in [0.5, 0.6) is 5.75 Å². The summed E-state index contributed by atoms with van der Waals surface area (Å²) in [7, 11) is 1.65. The van der Waals surface area contributed by atoms with E-state index in [1.54, 1.807) is 7.11 Å². The van der Waals surface area contributed by atoms with Crippen LogP contribution in [-0.2, 0) is 0 Å². The van der Waals surface area contributed by atoms with Crippen LogP contribution in [-0.4, -0.2) is 12.1 Å². The lowest BCUT2D eigenvalue weighted by atomic mass is 10.2. The number of hydrogen-bond acceptors (Lipinski definition) is 4. The van der Waals surface area contributed by atoms with E-state index in [-0.39, 0.29) is 0 Å². The van der Waals surface area contributed by atoms with Crippen molar-refractivity contribution in [3.05, 3.63) is 29.6 Å². The molecule has 2 aromatic rings. The number of aromatic nitrogens is 1. The highest BCUT2D eigenvalue weighted by molar-refractivity contribution is 7.13. The van der Waals surface area contributed by atoms with Crippen molar-refractivity contribution >= 4 is 17.2 Å². The van der Waals surface area contributed by atoms with E-state index in [1.165, 1.54) is 11.3 Å². The maximum Gasteiger partial charge on any atom is 0.135 e. The zero-order valence-electron chi connectivity index (χ0n) is 7.73. The molecule has 2 rings (SSSR count). The molecule has 0 unspecified atom stereocenters. The summed E-state index contributed by atoms with van der Waals surface area (Å²) in [5, 5.41) is 2.77. The van der Waals surface area contributed by atoms with Gasteiger partial charge in [-0.25, -0.2) is 4.98 Å². The number of rotatable bonds is 2. The molecule has 1 aromatic heterocycles. The van der Waals surface area contributed by atoms with Crippen LogP contribution in [0.25, 0.3) is 10.6 Å². The van der Waals surface area contributed by atoms with Gasteiger partial charge in [0, 0.05) is 10.9 Å². The van der Waals surface area contributed by atoms with Crippen molar-refractivity contribution in [1.29, 1.82) is 0 Å². The zero-order chi connectivity index (χ0) is 9.97. The Balaban J connectivity index is 2.33. The number of thiazole rings is 1. The van der Waals surface area contributed by atoms with Crippen LogP contribution >= 0.6 is 11.3 Å².